The molecule has 2 unspecified atom stereocenters. The Hall–Kier alpha value is -6.60. The number of hydrogen-bond acceptors (Lipinski definition) is 11. The number of aliphatic carboxylic acids is 1. The number of hydrogen-bond donors (Lipinski definition) is 1. The van der Waals surface area contributed by atoms with Crippen molar-refractivity contribution in [2.45, 2.75) is 151 Å². The van der Waals surface area contributed by atoms with Crippen LogP contribution in [0.2, 0.25) is 0 Å². The minimum absolute atomic E-state index is 0. The maximum absolute atomic E-state index is 14.0. The Kier molecular flexibility index (Phi) is 26.7. The molecule has 18 heteroatoms. The Morgan fingerprint density at radius 2 is 0.952 bits per heavy atom. The summed E-state index contributed by atoms with van der Waals surface area (Å²) in [5, 5.41) is 9.73. The summed E-state index contributed by atoms with van der Waals surface area (Å²) in [5.74, 6) is -2.53. The predicted molar refractivity (Wildman–Crippen MR) is 338 cm³/mol. The van der Waals surface area contributed by atoms with Crippen molar-refractivity contribution in [3.05, 3.63) is 175 Å². The van der Waals surface area contributed by atoms with Gasteiger partial charge in [-0.3, -0.25) is 48.5 Å². The van der Waals surface area contributed by atoms with Crippen molar-refractivity contribution < 1.29 is 37.8 Å². The second-order valence-electron chi connectivity index (χ2n) is 23.1. The van der Waals surface area contributed by atoms with Crippen molar-refractivity contribution in [1.29, 1.82) is 0 Å². The van der Waals surface area contributed by atoms with Crippen molar-refractivity contribution >= 4 is 50.5 Å². The van der Waals surface area contributed by atoms with Crippen molar-refractivity contribution in [3.63, 3.8) is 0 Å². The van der Waals surface area contributed by atoms with Crippen LogP contribution < -0.4 is 11.1 Å². The summed E-state index contributed by atoms with van der Waals surface area (Å²) in [6.45, 7) is 18.6. The molecule has 14 nitrogen and oxygen atoms in total. The molecule has 1 N–H and O–H groups in total. The smallest absolute Gasteiger partial charge is 0.306 e. The molecular formula is C66H86F2N6O8S2. The molecule has 0 amide bonds. The van der Waals surface area contributed by atoms with Gasteiger partial charge in [0.1, 0.15) is 12.3 Å². The Balaban J connectivity index is 0.000000348. The summed E-state index contributed by atoms with van der Waals surface area (Å²) >= 11 is 0. The molecule has 8 rings (SSSR count). The first-order valence-electron chi connectivity index (χ1n) is 28.1. The molecule has 6 aromatic rings. The van der Waals surface area contributed by atoms with E-state index in [1.54, 1.807) is 49.3 Å². The van der Waals surface area contributed by atoms with E-state index in [9.17, 15) is 42.7 Å². The number of methoxy groups -OCH3 is 1. The third kappa shape index (κ3) is 18.7. The highest BCUT2D eigenvalue weighted by Gasteiger charge is 2.32. The standard InChI is InChI=1S/C33H40FN3O4.C32H38FN3O4.CH4.2H2S/c1-21(2)11-29(37-18-24(9-10-31(37)39)17-36-19-28(34)20-36)30(38)13-25(14-32(40)41-5)26-12-27(16-35-15-26)33-22(3)7-6-8-23(33)4;1-20(2)10-28(36-17-23(8-9-30(36)38)16-35-18-27(33)19-35)29(37)12-24(13-31(39)40)25-11-26(15-34-14-25)32-21(3)6-5-7-22(32)4;;;/h6-10,12,15-16,18,21,25,28-29H,11,13-14,17,19-20H2,1-5H3;5-9,11,14-15,17,20,24,27-28H,10,12-13,16,18-19H2,1-4H3,(H,39,40);1H4;2*1H2/t25-,29?;24-,28?;;;/m00.../s1. The maximum Gasteiger partial charge on any atom is 0.306 e. The van der Waals surface area contributed by atoms with E-state index in [1.165, 1.54) is 28.4 Å². The topological polar surface area (TPSA) is 174 Å². The fraction of sp³-hybridized carbons (Fsp3) is 0.455. The van der Waals surface area contributed by atoms with E-state index < -0.39 is 48.2 Å². The van der Waals surface area contributed by atoms with Crippen LogP contribution in [-0.2, 0) is 37.0 Å². The van der Waals surface area contributed by atoms with Crippen molar-refractivity contribution in [2.24, 2.45) is 11.8 Å². The molecule has 84 heavy (non-hydrogen) atoms. The number of pyridine rings is 4. The molecule has 0 spiro atoms. The number of Topliss-reactive ketones (excluding diaryl/α,β-unsaturated/α-hetero) is 2. The van der Waals surface area contributed by atoms with Gasteiger partial charge >= 0.3 is 11.9 Å². The lowest BCUT2D eigenvalue weighted by Gasteiger charge is -2.34. The van der Waals surface area contributed by atoms with Gasteiger partial charge in [-0.2, -0.15) is 27.0 Å². The normalized spacial score (nSPS) is 14.9. The Labute approximate surface area is 508 Å². The van der Waals surface area contributed by atoms with Crippen LogP contribution in [0.15, 0.2) is 120 Å². The zero-order chi connectivity index (χ0) is 58.7. The zero-order valence-electron chi connectivity index (χ0n) is 49.2. The van der Waals surface area contributed by atoms with Gasteiger partial charge in [0.05, 0.1) is 32.0 Å². The molecule has 2 fully saturated rings. The number of carbonyl (C=O) groups is 4. The summed E-state index contributed by atoms with van der Waals surface area (Å²) in [6, 6.07) is 21.0. The van der Waals surface area contributed by atoms with Crippen LogP contribution in [0.25, 0.3) is 22.3 Å². The van der Waals surface area contributed by atoms with E-state index in [-0.39, 0.29) is 94.6 Å². The summed E-state index contributed by atoms with van der Waals surface area (Å²) < 4.78 is 34.6. The lowest BCUT2D eigenvalue weighted by atomic mass is 9.86. The Morgan fingerprint density at radius 1 is 0.583 bits per heavy atom. The maximum atomic E-state index is 14.0. The number of ether oxygens (including phenoxy) is 1. The number of carbonyl (C=O) groups excluding carboxylic acids is 3. The minimum Gasteiger partial charge on any atom is -0.481 e. The molecule has 4 aromatic heterocycles. The van der Waals surface area contributed by atoms with Crippen LogP contribution in [0.5, 0.6) is 0 Å². The van der Waals surface area contributed by atoms with Gasteiger partial charge in [-0.25, -0.2) is 8.78 Å². The molecule has 2 saturated heterocycles. The highest BCUT2D eigenvalue weighted by Crippen LogP contribution is 2.35. The van der Waals surface area contributed by atoms with Crippen molar-refractivity contribution in [3.8, 4) is 22.3 Å². The van der Waals surface area contributed by atoms with E-state index >= 15 is 0 Å². The number of ketones is 2. The average Bonchev–Trinajstić information content (AvgIpc) is 3.51. The van der Waals surface area contributed by atoms with Crippen LogP contribution in [0.3, 0.4) is 0 Å². The number of rotatable bonds is 24. The number of likely N-dealkylation sites (tertiary alicyclic amines) is 2. The number of carboxylic acid groups (broad SMARTS) is 1. The molecule has 4 atom stereocenters. The third-order valence-corrected chi connectivity index (χ3v) is 15.4. The SMILES string of the molecule is C.COC(=O)C[C@H](CC(=O)C(CC(C)C)n1cc(CN2CC(F)C2)ccc1=O)c1cncc(-c2c(C)cccc2C)c1.Cc1cccc(C)c1-c1cncc([C@H](CC(=O)O)CC(=O)C(CC(C)C)n2cc(CN3CC(F)C3)ccc2=O)c1.S.S. The number of aromatic nitrogens is 4. The van der Waals surface area contributed by atoms with Gasteiger partial charge in [0.25, 0.3) is 11.1 Å². The van der Waals surface area contributed by atoms with Gasteiger partial charge in [-0.05, 0) is 120 Å². The van der Waals surface area contributed by atoms with Crippen LogP contribution in [0, 0.1) is 39.5 Å². The minimum atomic E-state index is -1.00. The Morgan fingerprint density at radius 3 is 1.29 bits per heavy atom. The molecule has 0 bridgehead atoms. The highest BCUT2D eigenvalue weighted by molar-refractivity contribution is 7.59. The van der Waals surface area contributed by atoms with Crippen LogP contribution in [-0.4, -0.2) is 103 Å². The highest BCUT2D eigenvalue weighted by atomic mass is 32.1. The number of alkyl halides is 2. The second kappa shape index (κ2) is 32.1. The lowest BCUT2D eigenvalue weighted by molar-refractivity contribution is -0.141. The summed E-state index contributed by atoms with van der Waals surface area (Å²) in [5.41, 5.74) is 10.9. The first-order valence-corrected chi connectivity index (χ1v) is 28.1. The van der Waals surface area contributed by atoms with Crippen molar-refractivity contribution in [1.82, 2.24) is 28.9 Å². The van der Waals surface area contributed by atoms with E-state index in [2.05, 4.69) is 9.97 Å². The quantitative estimate of drug-likeness (QED) is 0.0569. The molecule has 2 aromatic carbocycles. The first-order chi connectivity index (χ1) is 38.6. The molecule has 2 aliphatic heterocycles. The van der Waals surface area contributed by atoms with Gasteiger partial charge in [0.15, 0.2) is 11.6 Å². The van der Waals surface area contributed by atoms with Gasteiger partial charge in [0.2, 0.25) is 0 Å². The molecule has 0 saturated carbocycles. The Bertz CT molecular complexity index is 3280. The third-order valence-electron chi connectivity index (χ3n) is 15.4. The lowest BCUT2D eigenvalue weighted by Crippen LogP contribution is -2.47. The van der Waals surface area contributed by atoms with Gasteiger partial charge in [0, 0.05) is 124 Å². The first kappa shape index (κ1) is 69.9. The monoisotopic (exact) mass is 1190 g/mol. The van der Waals surface area contributed by atoms with Crippen molar-refractivity contribution in [2.75, 3.05) is 33.3 Å². The van der Waals surface area contributed by atoms with Crippen LogP contribution in [0.1, 0.15) is 142 Å². The summed E-state index contributed by atoms with van der Waals surface area (Å²) in [4.78, 5) is 91.0. The van der Waals surface area contributed by atoms with Gasteiger partial charge in [-0.15, -0.1) is 0 Å². The molecular weight excluding hydrogens is 1110 g/mol. The number of halogens is 2. The molecule has 454 valence electrons. The average molecular weight is 1190 g/mol. The molecule has 2 aliphatic rings. The van der Waals surface area contributed by atoms with Gasteiger partial charge in [-0.1, -0.05) is 83.7 Å². The number of benzene rings is 2. The fourth-order valence-electron chi connectivity index (χ4n) is 11.3. The number of carboxylic acids is 1. The summed E-state index contributed by atoms with van der Waals surface area (Å²) in [6.07, 6.45) is 9.41. The number of nitrogens with zero attached hydrogens (tertiary/aromatic N) is 6. The van der Waals surface area contributed by atoms with E-state index in [0.29, 0.717) is 57.7 Å². The number of esters is 1. The predicted octanol–water partition coefficient (Wildman–Crippen LogP) is 11.9. The molecule has 0 aliphatic carbocycles. The van der Waals surface area contributed by atoms with E-state index in [1.807, 2.05) is 114 Å². The summed E-state index contributed by atoms with van der Waals surface area (Å²) in [7, 11) is 1.34. The van der Waals surface area contributed by atoms with E-state index in [4.69, 9.17) is 4.74 Å². The van der Waals surface area contributed by atoms with Crippen LogP contribution in [0.4, 0.5) is 8.78 Å². The molecule has 0 radical (unpaired) electrons. The zero-order valence-corrected chi connectivity index (χ0v) is 51.2. The fourth-order valence-corrected chi connectivity index (χ4v) is 11.3. The largest absolute Gasteiger partial charge is 0.481 e. The van der Waals surface area contributed by atoms with Crippen LogP contribution >= 0.6 is 27.0 Å². The van der Waals surface area contributed by atoms with Gasteiger partial charge < -0.3 is 19.0 Å². The second-order valence-corrected chi connectivity index (χ2v) is 23.1. The number of aryl methyl sites for hydroxylation is 4. The van der Waals surface area contributed by atoms with E-state index in [0.717, 1.165) is 61.2 Å². The molecule has 6 heterocycles.